The number of furan rings is 1. The lowest BCUT2D eigenvalue weighted by Crippen LogP contribution is -1.96. The van der Waals surface area contributed by atoms with E-state index in [0.29, 0.717) is 0 Å². The van der Waals surface area contributed by atoms with Gasteiger partial charge in [0.05, 0.1) is 26.7 Å². The summed E-state index contributed by atoms with van der Waals surface area (Å²) in [5.74, 6) is 1.50. The summed E-state index contributed by atoms with van der Waals surface area (Å²) in [6.45, 7) is 0. The highest BCUT2D eigenvalue weighted by Gasteiger charge is 2.11. The lowest BCUT2D eigenvalue weighted by Gasteiger charge is -2.11. The Hall–Kier alpha value is -1.42. The minimum absolute atomic E-state index is 0.231. The molecule has 4 heteroatoms. The second kappa shape index (κ2) is 5.96. The molecule has 0 aliphatic carbocycles. The zero-order valence-electron chi connectivity index (χ0n) is 10.4. The van der Waals surface area contributed by atoms with Gasteiger partial charge in [0.1, 0.15) is 0 Å². The lowest BCUT2D eigenvalue weighted by molar-refractivity contribution is 0.354. The molecule has 0 amide bonds. The number of halogens is 1. The number of rotatable bonds is 5. The summed E-state index contributed by atoms with van der Waals surface area (Å²) in [5, 5.41) is 0. The highest BCUT2D eigenvalue weighted by molar-refractivity contribution is 9.09. The second-order valence-electron chi connectivity index (χ2n) is 3.92. The van der Waals surface area contributed by atoms with Gasteiger partial charge in [0, 0.05) is 10.4 Å². The molecule has 1 aromatic heterocycles. The van der Waals surface area contributed by atoms with Gasteiger partial charge in [0.2, 0.25) is 0 Å². The highest BCUT2D eigenvalue weighted by Crippen LogP contribution is 2.32. The molecule has 3 nitrogen and oxygen atoms in total. The van der Waals surface area contributed by atoms with Crippen LogP contribution < -0.4 is 9.47 Å². The molecule has 0 aliphatic heterocycles. The van der Waals surface area contributed by atoms with Crippen molar-refractivity contribution in [1.29, 1.82) is 0 Å². The van der Waals surface area contributed by atoms with Crippen LogP contribution in [0.15, 0.2) is 41.2 Å². The van der Waals surface area contributed by atoms with Crippen molar-refractivity contribution in [1.82, 2.24) is 0 Å². The molecule has 96 valence electrons. The molecule has 0 radical (unpaired) electrons. The number of methoxy groups -OCH3 is 2. The van der Waals surface area contributed by atoms with Gasteiger partial charge in [0.25, 0.3) is 0 Å². The first-order chi connectivity index (χ1) is 8.74. The summed E-state index contributed by atoms with van der Waals surface area (Å²) < 4.78 is 15.6. The zero-order valence-corrected chi connectivity index (χ0v) is 11.9. The number of hydrogen-bond acceptors (Lipinski definition) is 3. The Balaban J connectivity index is 2.14. The topological polar surface area (TPSA) is 31.6 Å². The maximum atomic E-state index is 5.29. The summed E-state index contributed by atoms with van der Waals surface area (Å²) in [5.41, 5.74) is 2.31. The van der Waals surface area contributed by atoms with Gasteiger partial charge in [-0.2, -0.15) is 0 Å². The summed E-state index contributed by atoms with van der Waals surface area (Å²) in [4.78, 5) is 0.231. The molecule has 0 fully saturated rings. The summed E-state index contributed by atoms with van der Waals surface area (Å²) in [6.07, 6.45) is 4.29. The van der Waals surface area contributed by atoms with Crippen molar-refractivity contribution in [2.75, 3.05) is 14.2 Å². The van der Waals surface area contributed by atoms with Gasteiger partial charge in [-0.15, -0.1) is 0 Å². The van der Waals surface area contributed by atoms with Crippen molar-refractivity contribution >= 4 is 15.9 Å². The lowest BCUT2D eigenvalue weighted by atomic mass is 10.1. The van der Waals surface area contributed by atoms with Crippen LogP contribution in [0.4, 0.5) is 0 Å². The van der Waals surface area contributed by atoms with E-state index in [9.17, 15) is 0 Å². The van der Waals surface area contributed by atoms with Crippen LogP contribution in [0.25, 0.3) is 0 Å². The minimum atomic E-state index is 0.231. The maximum Gasteiger partial charge on any atom is 0.160 e. The SMILES string of the molecule is COc1ccc(CC(Br)c2ccoc2)cc1OC. The van der Waals surface area contributed by atoms with E-state index < -0.39 is 0 Å². The van der Waals surface area contributed by atoms with Crippen LogP contribution in [0, 0.1) is 0 Å². The minimum Gasteiger partial charge on any atom is -0.493 e. The smallest absolute Gasteiger partial charge is 0.160 e. The molecule has 0 saturated carbocycles. The van der Waals surface area contributed by atoms with E-state index in [1.54, 1.807) is 26.7 Å². The number of ether oxygens (including phenoxy) is 2. The first-order valence-corrected chi connectivity index (χ1v) is 6.53. The molecule has 0 spiro atoms. The number of alkyl halides is 1. The van der Waals surface area contributed by atoms with Crippen molar-refractivity contribution in [2.24, 2.45) is 0 Å². The van der Waals surface area contributed by atoms with E-state index in [2.05, 4.69) is 15.9 Å². The summed E-state index contributed by atoms with van der Waals surface area (Å²) in [7, 11) is 3.28. The third-order valence-electron chi connectivity index (χ3n) is 2.77. The van der Waals surface area contributed by atoms with Gasteiger partial charge in [-0.1, -0.05) is 22.0 Å². The fourth-order valence-corrected chi connectivity index (χ4v) is 2.42. The van der Waals surface area contributed by atoms with Crippen LogP contribution in [0.5, 0.6) is 11.5 Å². The van der Waals surface area contributed by atoms with Crippen LogP contribution in [0.2, 0.25) is 0 Å². The van der Waals surface area contributed by atoms with Gasteiger partial charge in [-0.05, 0) is 30.2 Å². The summed E-state index contributed by atoms with van der Waals surface area (Å²) in [6, 6.07) is 7.91. The van der Waals surface area contributed by atoms with Crippen LogP contribution >= 0.6 is 15.9 Å². The van der Waals surface area contributed by atoms with Crippen molar-refractivity contribution in [2.45, 2.75) is 11.2 Å². The Kier molecular flexibility index (Phi) is 4.31. The molecule has 1 atom stereocenters. The van der Waals surface area contributed by atoms with Crippen molar-refractivity contribution in [3.05, 3.63) is 47.9 Å². The quantitative estimate of drug-likeness (QED) is 0.783. The normalized spacial score (nSPS) is 12.2. The largest absolute Gasteiger partial charge is 0.493 e. The van der Waals surface area contributed by atoms with Crippen LogP contribution in [0.1, 0.15) is 16.0 Å². The van der Waals surface area contributed by atoms with Crippen molar-refractivity contribution < 1.29 is 13.9 Å². The molecule has 0 aliphatic rings. The van der Waals surface area contributed by atoms with Crippen molar-refractivity contribution in [3.63, 3.8) is 0 Å². The molecule has 1 heterocycles. The van der Waals surface area contributed by atoms with E-state index in [1.807, 2.05) is 24.3 Å². The predicted octanol–water partition coefficient (Wildman–Crippen LogP) is 3.98. The van der Waals surface area contributed by atoms with Crippen molar-refractivity contribution in [3.8, 4) is 11.5 Å². The molecule has 0 N–H and O–H groups in total. The number of benzene rings is 1. The fourth-order valence-electron chi connectivity index (χ4n) is 1.79. The molecule has 2 aromatic rings. The zero-order chi connectivity index (χ0) is 13.0. The molecule has 1 aromatic carbocycles. The average molecular weight is 311 g/mol. The predicted molar refractivity (Wildman–Crippen MR) is 73.6 cm³/mol. The molecule has 1 unspecified atom stereocenters. The van der Waals surface area contributed by atoms with Gasteiger partial charge in [-0.25, -0.2) is 0 Å². The average Bonchev–Trinajstić information content (AvgIpc) is 2.92. The molecule has 18 heavy (non-hydrogen) atoms. The van der Waals surface area contributed by atoms with Gasteiger partial charge in [0.15, 0.2) is 11.5 Å². The third-order valence-corrected chi connectivity index (χ3v) is 3.62. The third kappa shape index (κ3) is 2.88. The molecule has 0 saturated heterocycles. The standard InChI is InChI=1S/C14H15BrO3/c1-16-13-4-3-10(8-14(13)17-2)7-12(15)11-5-6-18-9-11/h3-6,8-9,12H,7H2,1-2H3. The van der Waals surface area contributed by atoms with Gasteiger partial charge >= 0.3 is 0 Å². The Morgan fingerprint density at radius 3 is 2.56 bits per heavy atom. The highest BCUT2D eigenvalue weighted by atomic mass is 79.9. The second-order valence-corrected chi connectivity index (χ2v) is 5.02. The Morgan fingerprint density at radius 2 is 1.94 bits per heavy atom. The molecule has 2 rings (SSSR count). The van der Waals surface area contributed by atoms with E-state index in [0.717, 1.165) is 23.5 Å². The van der Waals surface area contributed by atoms with E-state index in [1.165, 1.54) is 5.56 Å². The van der Waals surface area contributed by atoms with E-state index >= 15 is 0 Å². The first-order valence-electron chi connectivity index (χ1n) is 5.61. The van der Waals surface area contributed by atoms with Crippen LogP contribution in [0.3, 0.4) is 0 Å². The monoisotopic (exact) mass is 310 g/mol. The van der Waals surface area contributed by atoms with E-state index in [-0.39, 0.29) is 4.83 Å². The van der Waals surface area contributed by atoms with Crippen LogP contribution in [-0.4, -0.2) is 14.2 Å². The Labute approximate surface area is 115 Å². The van der Waals surface area contributed by atoms with Crippen LogP contribution in [-0.2, 0) is 6.42 Å². The molecule has 0 bridgehead atoms. The maximum absolute atomic E-state index is 5.29. The van der Waals surface area contributed by atoms with Gasteiger partial charge < -0.3 is 13.9 Å². The molecular weight excluding hydrogens is 296 g/mol. The first kappa shape index (κ1) is 13.0. The van der Waals surface area contributed by atoms with Gasteiger partial charge in [-0.3, -0.25) is 0 Å². The summed E-state index contributed by atoms with van der Waals surface area (Å²) >= 11 is 3.65. The fraction of sp³-hybridized carbons (Fsp3) is 0.286. The van der Waals surface area contributed by atoms with E-state index in [4.69, 9.17) is 13.9 Å². The Morgan fingerprint density at radius 1 is 1.17 bits per heavy atom. The number of hydrogen-bond donors (Lipinski definition) is 0. The Bertz CT molecular complexity index is 494. The molecular formula is C14H15BrO3.